The lowest BCUT2D eigenvalue weighted by Gasteiger charge is -2.15. The highest BCUT2D eigenvalue weighted by molar-refractivity contribution is 9.10. The van der Waals surface area contributed by atoms with Crippen molar-refractivity contribution >= 4 is 27.5 Å². The van der Waals surface area contributed by atoms with Gasteiger partial charge in [-0.05, 0) is 47.1 Å². The Kier molecular flexibility index (Phi) is 6.62. The molecule has 0 fully saturated rings. The van der Waals surface area contributed by atoms with Gasteiger partial charge >= 0.3 is 0 Å². The largest absolute Gasteiger partial charge is 0.470 e. The minimum atomic E-state index is -0.330. The first kappa shape index (κ1) is 23.1. The molecular weight excluding hydrogens is 508 g/mol. The second kappa shape index (κ2) is 9.44. The highest BCUT2D eigenvalue weighted by Crippen LogP contribution is 2.29. The van der Waals surface area contributed by atoms with Crippen LogP contribution in [0.15, 0.2) is 52.0 Å². The lowest BCUT2D eigenvalue weighted by Crippen LogP contribution is -2.24. The number of hydrogen-bond acceptors (Lipinski definition) is 6. The fraction of sp³-hybridized carbons (Fsp3) is 0.261. The topological polar surface area (TPSA) is 87.7 Å². The smallest absolute Gasteiger partial charge is 0.276 e. The summed E-state index contributed by atoms with van der Waals surface area (Å²) in [7, 11) is 1.83. The molecule has 0 saturated carbocycles. The van der Waals surface area contributed by atoms with Crippen LogP contribution in [-0.4, -0.2) is 29.3 Å². The van der Waals surface area contributed by atoms with Crippen LogP contribution >= 0.6 is 27.5 Å². The molecule has 0 aliphatic carbocycles. The number of rotatable bonds is 6. The molecule has 33 heavy (non-hydrogen) atoms. The van der Waals surface area contributed by atoms with E-state index >= 15 is 0 Å². The fourth-order valence-electron chi connectivity index (χ4n) is 3.30. The van der Waals surface area contributed by atoms with Gasteiger partial charge in [0.2, 0.25) is 5.88 Å². The van der Waals surface area contributed by atoms with E-state index in [4.69, 9.17) is 16.3 Å². The molecule has 0 bridgehead atoms. The van der Waals surface area contributed by atoms with E-state index < -0.39 is 0 Å². The Hall–Kier alpha value is -3.04. The summed E-state index contributed by atoms with van der Waals surface area (Å²) < 4.78 is 9.09. The number of hydrogen-bond donors (Lipinski definition) is 0. The Labute approximate surface area is 204 Å². The maximum atomic E-state index is 13.3. The van der Waals surface area contributed by atoms with Crippen LogP contribution in [0.1, 0.15) is 37.1 Å². The Bertz CT molecular complexity index is 1380. The Morgan fingerprint density at radius 3 is 2.67 bits per heavy atom. The van der Waals surface area contributed by atoms with Crippen molar-refractivity contribution < 1.29 is 4.74 Å². The average molecular weight is 530 g/mol. The third kappa shape index (κ3) is 4.84. The summed E-state index contributed by atoms with van der Waals surface area (Å²) in [6, 6.07) is 9.11. The summed E-state index contributed by atoms with van der Waals surface area (Å²) in [4.78, 5) is 26.7. The van der Waals surface area contributed by atoms with E-state index in [2.05, 4.69) is 36.0 Å². The normalized spacial score (nSPS) is 11.2. The molecule has 0 saturated heterocycles. The van der Waals surface area contributed by atoms with Gasteiger partial charge in [-0.25, -0.2) is 9.97 Å². The van der Waals surface area contributed by atoms with Gasteiger partial charge < -0.3 is 4.74 Å². The monoisotopic (exact) mass is 528 g/mol. The van der Waals surface area contributed by atoms with Crippen LogP contribution < -0.4 is 10.3 Å². The van der Waals surface area contributed by atoms with E-state index in [0.717, 1.165) is 22.8 Å². The molecule has 3 heterocycles. The molecule has 4 rings (SSSR count). The van der Waals surface area contributed by atoms with Gasteiger partial charge in [0.05, 0.1) is 22.1 Å². The van der Waals surface area contributed by atoms with E-state index in [-0.39, 0.29) is 28.4 Å². The van der Waals surface area contributed by atoms with Crippen molar-refractivity contribution in [1.29, 1.82) is 0 Å². The summed E-state index contributed by atoms with van der Waals surface area (Å²) in [5, 5.41) is 4.68. The molecule has 170 valence electrons. The van der Waals surface area contributed by atoms with Crippen LogP contribution in [0.5, 0.6) is 5.88 Å². The van der Waals surface area contributed by atoms with Gasteiger partial charge in [0.1, 0.15) is 22.7 Å². The SMILES string of the molecule is Cc1nc(OCc2ccn(C)n2)c(Br)c(=O)n1-c1cc(-c2ccnc(C(C)C)n2)ccc1Cl. The molecule has 1 aromatic carbocycles. The van der Waals surface area contributed by atoms with Crippen LogP contribution in [0.3, 0.4) is 0 Å². The fourth-order valence-corrected chi connectivity index (χ4v) is 3.88. The zero-order valence-corrected chi connectivity index (χ0v) is 20.9. The third-order valence-electron chi connectivity index (χ3n) is 4.96. The number of aromatic nitrogens is 6. The van der Waals surface area contributed by atoms with E-state index in [1.54, 1.807) is 23.9 Å². The number of halogens is 2. The lowest BCUT2D eigenvalue weighted by molar-refractivity contribution is 0.283. The summed E-state index contributed by atoms with van der Waals surface area (Å²) in [5.41, 5.74) is 2.47. The molecular formula is C23H22BrClN6O2. The zero-order valence-electron chi connectivity index (χ0n) is 18.6. The number of nitrogens with zero attached hydrogens (tertiary/aromatic N) is 6. The first-order valence-corrected chi connectivity index (χ1v) is 11.5. The number of aryl methyl sites for hydroxylation is 2. The Morgan fingerprint density at radius 2 is 1.97 bits per heavy atom. The van der Waals surface area contributed by atoms with Gasteiger partial charge in [-0.2, -0.15) is 10.1 Å². The highest BCUT2D eigenvalue weighted by Gasteiger charge is 2.18. The predicted molar refractivity (Wildman–Crippen MR) is 130 cm³/mol. The van der Waals surface area contributed by atoms with Crippen LogP contribution in [0, 0.1) is 6.92 Å². The van der Waals surface area contributed by atoms with Gasteiger partial charge in [-0.15, -0.1) is 0 Å². The Morgan fingerprint density at radius 1 is 1.18 bits per heavy atom. The van der Waals surface area contributed by atoms with Crippen molar-refractivity contribution in [1.82, 2.24) is 29.3 Å². The average Bonchev–Trinajstić information content (AvgIpc) is 3.21. The standard InChI is InChI=1S/C23H22BrClN6O2/c1-13(2)21-26-9-7-18(28-21)15-5-6-17(25)19(11-15)31-14(3)27-22(20(24)23(31)32)33-12-16-8-10-30(4)29-16/h5-11,13H,12H2,1-4H3. The van der Waals surface area contributed by atoms with Gasteiger partial charge in [-0.3, -0.25) is 14.0 Å². The molecule has 3 aromatic heterocycles. The quantitative estimate of drug-likeness (QED) is 0.355. The van der Waals surface area contributed by atoms with Gasteiger partial charge in [0.15, 0.2) is 0 Å². The number of ether oxygens (including phenoxy) is 1. The van der Waals surface area contributed by atoms with Crippen LogP contribution in [-0.2, 0) is 13.7 Å². The molecule has 0 atom stereocenters. The third-order valence-corrected chi connectivity index (χ3v) is 5.96. The maximum absolute atomic E-state index is 13.3. The molecule has 0 unspecified atom stereocenters. The van der Waals surface area contributed by atoms with E-state index in [1.165, 1.54) is 4.57 Å². The summed E-state index contributed by atoms with van der Waals surface area (Å²) in [6.45, 7) is 6.00. The van der Waals surface area contributed by atoms with E-state index in [1.807, 2.05) is 51.4 Å². The summed E-state index contributed by atoms with van der Waals surface area (Å²) in [6.07, 6.45) is 3.55. The van der Waals surface area contributed by atoms with Gasteiger partial charge in [0, 0.05) is 30.9 Å². The van der Waals surface area contributed by atoms with Crippen molar-refractivity contribution in [2.75, 3.05) is 0 Å². The number of benzene rings is 1. The molecule has 10 heteroatoms. The first-order chi connectivity index (χ1) is 15.7. The maximum Gasteiger partial charge on any atom is 0.276 e. The zero-order chi connectivity index (χ0) is 23.7. The second-order valence-corrected chi connectivity index (χ2v) is 9.01. The molecule has 0 amide bonds. The molecule has 0 radical (unpaired) electrons. The van der Waals surface area contributed by atoms with Crippen molar-refractivity contribution in [3.8, 4) is 22.8 Å². The minimum Gasteiger partial charge on any atom is -0.470 e. The second-order valence-electron chi connectivity index (χ2n) is 7.81. The molecule has 0 spiro atoms. The molecule has 0 aliphatic heterocycles. The molecule has 0 N–H and O–H groups in total. The highest BCUT2D eigenvalue weighted by atomic mass is 79.9. The van der Waals surface area contributed by atoms with Crippen molar-refractivity contribution in [3.63, 3.8) is 0 Å². The molecule has 0 aliphatic rings. The van der Waals surface area contributed by atoms with Gasteiger partial charge in [-0.1, -0.05) is 31.5 Å². The lowest BCUT2D eigenvalue weighted by atomic mass is 10.1. The first-order valence-electron chi connectivity index (χ1n) is 10.3. The van der Waals surface area contributed by atoms with E-state index in [0.29, 0.717) is 16.5 Å². The van der Waals surface area contributed by atoms with Crippen LogP contribution in [0.4, 0.5) is 0 Å². The van der Waals surface area contributed by atoms with Gasteiger partial charge in [0.25, 0.3) is 5.56 Å². The molecule has 8 nitrogen and oxygen atoms in total. The van der Waals surface area contributed by atoms with Crippen LogP contribution in [0.2, 0.25) is 5.02 Å². The predicted octanol–water partition coefficient (Wildman–Crippen LogP) is 4.85. The molecule has 4 aromatic rings. The summed E-state index contributed by atoms with van der Waals surface area (Å²) >= 11 is 9.85. The minimum absolute atomic E-state index is 0.192. The Balaban J connectivity index is 1.73. The van der Waals surface area contributed by atoms with E-state index in [9.17, 15) is 4.79 Å². The summed E-state index contributed by atoms with van der Waals surface area (Å²) in [5.74, 6) is 1.57. The van der Waals surface area contributed by atoms with Crippen LogP contribution in [0.25, 0.3) is 16.9 Å². The van der Waals surface area contributed by atoms with Crippen molar-refractivity contribution in [2.45, 2.75) is 33.3 Å². The van der Waals surface area contributed by atoms with Crippen molar-refractivity contribution in [2.24, 2.45) is 7.05 Å². The van der Waals surface area contributed by atoms with Crippen molar-refractivity contribution in [3.05, 3.63) is 79.9 Å².